The zero-order chi connectivity index (χ0) is 12.3. The first kappa shape index (κ1) is 11.3. The molecule has 0 aliphatic heterocycles. The van der Waals surface area contributed by atoms with Crippen molar-refractivity contribution in [2.75, 3.05) is 0 Å². The molecule has 0 heterocycles. The van der Waals surface area contributed by atoms with Gasteiger partial charge in [0, 0.05) is 0 Å². The molecule has 0 aliphatic rings. The Kier molecular flexibility index (Phi) is 3.19. The second kappa shape index (κ2) is 4.78. The molecular weight excluding hydrogens is 216 g/mol. The first-order valence-electron chi connectivity index (χ1n) is 5.36. The maximum atomic E-state index is 9.52. The highest BCUT2D eigenvalue weighted by Crippen LogP contribution is 2.26. The van der Waals surface area contributed by atoms with Gasteiger partial charge in [0.25, 0.3) is 0 Å². The molecule has 0 saturated heterocycles. The van der Waals surface area contributed by atoms with Crippen molar-refractivity contribution in [3.05, 3.63) is 53.6 Å². The number of para-hydroxylation sites is 2. The summed E-state index contributed by atoms with van der Waals surface area (Å²) in [5.41, 5.74) is 1.76. The van der Waals surface area contributed by atoms with Gasteiger partial charge >= 0.3 is 0 Å². The number of benzene rings is 2. The molecule has 88 valence electrons. The van der Waals surface area contributed by atoms with Gasteiger partial charge in [-0.15, -0.1) is 0 Å². The summed E-state index contributed by atoms with van der Waals surface area (Å²) in [4.78, 5) is 0. The number of hydrogen-bond donors (Lipinski definition) is 2. The van der Waals surface area contributed by atoms with Crippen molar-refractivity contribution in [3.8, 4) is 17.2 Å². The van der Waals surface area contributed by atoms with Crippen LogP contribution in [0.1, 0.15) is 11.1 Å². The summed E-state index contributed by atoms with van der Waals surface area (Å²) in [5, 5.41) is 18.9. The Bertz CT molecular complexity index is 521. The summed E-state index contributed by atoms with van der Waals surface area (Å²) in [6.45, 7) is 2.19. The number of phenolic OH excluding ortho intramolecular Hbond substituents is 2. The minimum atomic E-state index is 0.128. The molecule has 0 bridgehead atoms. The van der Waals surface area contributed by atoms with Crippen molar-refractivity contribution in [3.63, 3.8) is 0 Å². The van der Waals surface area contributed by atoms with Gasteiger partial charge < -0.3 is 14.9 Å². The molecular formula is C14H14O3. The maximum Gasteiger partial charge on any atom is 0.161 e. The van der Waals surface area contributed by atoms with Gasteiger partial charge in [0.2, 0.25) is 0 Å². The van der Waals surface area contributed by atoms with E-state index in [1.54, 1.807) is 36.4 Å². The normalized spacial score (nSPS) is 10.2. The molecule has 0 aromatic heterocycles. The van der Waals surface area contributed by atoms with Crippen molar-refractivity contribution in [1.82, 2.24) is 0 Å². The van der Waals surface area contributed by atoms with Gasteiger partial charge in [-0.3, -0.25) is 0 Å². The van der Waals surface area contributed by atoms with Crippen LogP contribution in [-0.4, -0.2) is 10.2 Å². The summed E-state index contributed by atoms with van der Waals surface area (Å²) in [7, 11) is 0. The average molecular weight is 230 g/mol. The van der Waals surface area contributed by atoms with Crippen LogP contribution in [0.3, 0.4) is 0 Å². The van der Waals surface area contributed by atoms with Gasteiger partial charge in [-0.2, -0.15) is 0 Å². The number of rotatable bonds is 3. The lowest BCUT2D eigenvalue weighted by Gasteiger charge is -2.08. The van der Waals surface area contributed by atoms with E-state index >= 15 is 0 Å². The van der Waals surface area contributed by atoms with Gasteiger partial charge in [-0.1, -0.05) is 18.2 Å². The minimum Gasteiger partial charge on any atom is -0.508 e. The lowest BCUT2D eigenvalue weighted by molar-refractivity contribution is 0.289. The fourth-order valence-electron chi connectivity index (χ4n) is 1.55. The quantitative estimate of drug-likeness (QED) is 0.852. The maximum absolute atomic E-state index is 9.52. The van der Waals surface area contributed by atoms with Crippen molar-refractivity contribution >= 4 is 0 Å². The Morgan fingerprint density at radius 1 is 1.00 bits per heavy atom. The Morgan fingerprint density at radius 2 is 1.76 bits per heavy atom. The second-order valence-corrected chi connectivity index (χ2v) is 3.88. The van der Waals surface area contributed by atoms with Crippen LogP contribution in [0.2, 0.25) is 0 Å². The average Bonchev–Trinajstić information content (AvgIpc) is 2.32. The SMILES string of the molecule is Cc1cc(COc2ccccc2O)ccc1O. The van der Waals surface area contributed by atoms with E-state index in [2.05, 4.69) is 0 Å². The third-order valence-corrected chi connectivity index (χ3v) is 2.52. The molecule has 17 heavy (non-hydrogen) atoms. The molecule has 2 N–H and O–H groups in total. The number of aromatic hydroxyl groups is 2. The van der Waals surface area contributed by atoms with Gasteiger partial charge in [-0.05, 0) is 42.3 Å². The summed E-state index contributed by atoms with van der Waals surface area (Å²) < 4.78 is 5.49. The fraction of sp³-hybridized carbons (Fsp3) is 0.143. The van der Waals surface area contributed by atoms with Gasteiger partial charge in [0.15, 0.2) is 11.5 Å². The van der Waals surface area contributed by atoms with Crippen molar-refractivity contribution in [2.24, 2.45) is 0 Å². The molecule has 0 unspecified atom stereocenters. The van der Waals surface area contributed by atoms with Crippen LogP contribution in [0.25, 0.3) is 0 Å². The zero-order valence-electron chi connectivity index (χ0n) is 9.55. The van der Waals surface area contributed by atoms with E-state index in [1.807, 2.05) is 13.0 Å². The smallest absolute Gasteiger partial charge is 0.161 e. The fourth-order valence-corrected chi connectivity index (χ4v) is 1.55. The summed E-state index contributed by atoms with van der Waals surface area (Å²) in [6, 6.07) is 12.1. The molecule has 0 atom stereocenters. The standard InChI is InChI=1S/C14H14O3/c1-10-8-11(6-7-12(10)15)9-17-14-5-3-2-4-13(14)16/h2-8,15-16H,9H2,1H3. The molecule has 2 aromatic rings. The Balaban J connectivity index is 2.08. The molecule has 3 nitrogen and oxygen atoms in total. The number of hydrogen-bond acceptors (Lipinski definition) is 3. The van der Waals surface area contributed by atoms with E-state index < -0.39 is 0 Å². The topological polar surface area (TPSA) is 49.7 Å². The van der Waals surface area contributed by atoms with Crippen LogP contribution < -0.4 is 4.74 Å². The minimum absolute atomic E-state index is 0.128. The molecule has 0 amide bonds. The number of aryl methyl sites for hydroxylation is 1. The molecule has 2 rings (SSSR count). The van der Waals surface area contributed by atoms with Crippen LogP contribution in [0, 0.1) is 6.92 Å². The van der Waals surface area contributed by atoms with Crippen LogP contribution in [-0.2, 0) is 6.61 Å². The van der Waals surface area contributed by atoms with Crippen molar-refractivity contribution in [1.29, 1.82) is 0 Å². The van der Waals surface area contributed by atoms with Gasteiger partial charge in [0.1, 0.15) is 12.4 Å². The summed E-state index contributed by atoms with van der Waals surface area (Å²) in [5.74, 6) is 0.859. The van der Waals surface area contributed by atoms with Crippen LogP contribution in [0.15, 0.2) is 42.5 Å². The molecule has 0 aliphatic carbocycles. The van der Waals surface area contributed by atoms with Crippen molar-refractivity contribution < 1.29 is 14.9 Å². The van der Waals surface area contributed by atoms with Gasteiger partial charge in [0.05, 0.1) is 0 Å². The predicted molar refractivity (Wildman–Crippen MR) is 65.3 cm³/mol. The van der Waals surface area contributed by atoms with E-state index in [1.165, 1.54) is 0 Å². The van der Waals surface area contributed by atoms with Crippen molar-refractivity contribution in [2.45, 2.75) is 13.5 Å². The third kappa shape index (κ3) is 2.69. The molecule has 0 spiro atoms. The highest BCUT2D eigenvalue weighted by atomic mass is 16.5. The Hall–Kier alpha value is -2.16. The lowest BCUT2D eigenvalue weighted by Crippen LogP contribution is -1.95. The Labute approximate surface area is 99.9 Å². The molecule has 0 saturated carbocycles. The van der Waals surface area contributed by atoms with E-state index in [-0.39, 0.29) is 11.5 Å². The predicted octanol–water partition coefficient (Wildman–Crippen LogP) is 2.99. The van der Waals surface area contributed by atoms with Crippen LogP contribution in [0.5, 0.6) is 17.2 Å². The monoisotopic (exact) mass is 230 g/mol. The largest absolute Gasteiger partial charge is 0.508 e. The highest BCUT2D eigenvalue weighted by Gasteiger charge is 2.02. The van der Waals surface area contributed by atoms with E-state index in [9.17, 15) is 10.2 Å². The Morgan fingerprint density at radius 3 is 2.47 bits per heavy atom. The van der Waals surface area contributed by atoms with Crippen LogP contribution in [0.4, 0.5) is 0 Å². The molecule has 3 heteroatoms. The summed E-state index contributed by atoms with van der Waals surface area (Å²) >= 11 is 0. The second-order valence-electron chi connectivity index (χ2n) is 3.88. The first-order chi connectivity index (χ1) is 8.16. The van der Waals surface area contributed by atoms with E-state index in [0.717, 1.165) is 11.1 Å². The zero-order valence-corrected chi connectivity index (χ0v) is 9.55. The highest BCUT2D eigenvalue weighted by molar-refractivity contribution is 5.39. The number of ether oxygens (including phenoxy) is 1. The molecule has 0 fully saturated rings. The van der Waals surface area contributed by atoms with Crippen LogP contribution >= 0.6 is 0 Å². The summed E-state index contributed by atoms with van der Waals surface area (Å²) in [6.07, 6.45) is 0. The van der Waals surface area contributed by atoms with E-state index in [0.29, 0.717) is 12.4 Å². The lowest BCUT2D eigenvalue weighted by atomic mass is 10.1. The first-order valence-corrected chi connectivity index (χ1v) is 5.36. The van der Waals surface area contributed by atoms with Gasteiger partial charge in [-0.25, -0.2) is 0 Å². The third-order valence-electron chi connectivity index (χ3n) is 2.52. The molecule has 0 radical (unpaired) electrons. The number of phenols is 2. The molecule has 2 aromatic carbocycles. The van der Waals surface area contributed by atoms with E-state index in [4.69, 9.17) is 4.74 Å².